The first-order valence-electron chi connectivity index (χ1n) is 10.1. The van der Waals surface area contributed by atoms with E-state index in [2.05, 4.69) is 15.3 Å². The second-order valence-electron chi connectivity index (χ2n) is 7.68. The summed E-state index contributed by atoms with van der Waals surface area (Å²) in [4.78, 5) is 22.7. The Labute approximate surface area is 174 Å². The maximum atomic E-state index is 14.8. The molecule has 1 amide bonds. The van der Waals surface area contributed by atoms with Gasteiger partial charge in [0.1, 0.15) is 17.1 Å². The van der Waals surface area contributed by atoms with Gasteiger partial charge in [0.15, 0.2) is 5.96 Å². The second-order valence-corrected chi connectivity index (χ2v) is 7.68. The number of hydrogen-bond donors (Lipinski definition) is 2. The van der Waals surface area contributed by atoms with Gasteiger partial charge in [-0.1, -0.05) is 19.3 Å². The van der Waals surface area contributed by atoms with E-state index < -0.39 is 23.6 Å². The number of fused-ring (bicyclic) bond motifs is 1. The largest absolute Gasteiger partial charge is 0.451 e. The van der Waals surface area contributed by atoms with Gasteiger partial charge in [-0.05, 0) is 30.7 Å². The lowest BCUT2D eigenvalue weighted by atomic mass is 9.74. The van der Waals surface area contributed by atoms with Gasteiger partial charge < -0.3 is 20.5 Å². The van der Waals surface area contributed by atoms with Gasteiger partial charge in [-0.15, -0.1) is 0 Å². The Morgan fingerprint density at radius 1 is 1.37 bits per heavy atom. The molecule has 0 spiro atoms. The number of aliphatic imine (C=N–C) groups is 2. The average molecular weight is 415 g/mol. The zero-order valence-electron chi connectivity index (χ0n) is 16.9. The summed E-state index contributed by atoms with van der Waals surface area (Å²) in [5.41, 5.74) is 4.96. The smallest absolute Gasteiger partial charge is 0.267 e. The normalized spacial score (nSPS) is 29.2. The molecular formula is C21H26FN5O3. The average Bonchev–Trinajstić information content (AvgIpc) is 3.64. The molecule has 3 unspecified atom stereocenters. The lowest BCUT2D eigenvalue weighted by Gasteiger charge is -2.45. The quantitative estimate of drug-likeness (QED) is 0.785. The number of ether oxygens (including phenoxy) is 2. The van der Waals surface area contributed by atoms with Gasteiger partial charge in [0.25, 0.3) is 6.35 Å². The summed E-state index contributed by atoms with van der Waals surface area (Å²) < 4.78 is 26.2. The highest BCUT2D eigenvalue weighted by Gasteiger charge is 2.52. The molecule has 3 aliphatic heterocycles. The molecule has 4 aliphatic rings. The standard InChI is InChI=1S/C18H20FN5O3.C3H6/c1-24-15(25)12-5-8-26-10-18(12,23-16(24)20)13-9-11(3-4-14(13)19)27-17-21-6-2-7-22-17;1-2-3-1/h2-4,6-7,9,12,17,21H,5,8,10H2,1H3,(H2,20,23);1-3H2. The van der Waals surface area contributed by atoms with Gasteiger partial charge in [0.2, 0.25) is 5.91 Å². The van der Waals surface area contributed by atoms with Crippen molar-refractivity contribution in [2.45, 2.75) is 37.6 Å². The highest BCUT2D eigenvalue weighted by atomic mass is 19.1. The molecule has 0 radical (unpaired) electrons. The number of nitrogens with one attached hydrogen (secondary N) is 1. The van der Waals surface area contributed by atoms with Crippen molar-refractivity contribution in [2.75, 3.05) is 20.3 Å². The predicted octanol–water partition coefficient (Wildman–Crippen LogP) is 1.86. The Balaban J connectivity index is 0.000000667. The number of hydrogen-bond acceptors (Lipinski definition) is 7. The van der Waals surface area contributed by atoms with Crippen LogP contribution in [0.1, 0.15) is 31.2 Å². The van der Waals surface area contributed by atoms with Gasteiger partial charge >= 0.3 is 0 Å². The molecular weight excluding hydrogens is 389 g/mol. The van der Waals surface area contributed by atoms with E-state index in [-0.39, 0.29) is 24.0 Å². The van der Waals surface area contributed by atoms with Gasteiger partial charge in [-0.2, -0.15) is 0 Å². The molecule has 1 saturated carbocycles. The second kappa shape index (κ2) is 8.43. The van der Waals surface area contributed by atoms with Crippen molar-refractivity contribution in [1.82, 2.24) is 10.2 Å². The summed E-state index contributed by atoms with van der Waals surface area (Å²) in [6.07, 6.45) is 9.36. The van der Waals surface area contributed by atoms with E-state index in [1.165, 1.54) is 36.3 Å². The molecule has 5 rings (SSSR count). The van der Waals surface area contributed by atoms with Crippen LogP contribution in [0.4, 0.5) is 4.39 Å². The van der Waals surface area contributed by atoms with Gasteiger partial charge in [0.05, 0.1) is 12.5 Å². The predicted molar refractivity (Wildman–Crippen MR) is 110 cm³/mol. The van der Waals surface area contributed by atoms with Crippen LogP contribution in [0.15, 0.2) is 40.5 Å². The summed E-state index contributed by atoms with van der Waals surface area (Å²) in [6, 6.07) is 4.34. The molecule has 1 saturated heterocycles. The molecule has 2 fully saturated rings. The molecule has 9 heteroatoms. The fraction of sp³-hybridized carbons (Fsp3) is 0.476. The molecule has 8 nitrogen and oxygen atoms in total. The van der Waals surface area contributed by atoms with Crippen molar-refractivity contribution in [3.63, 3.8) is 0 Å². The third-order valence-electron chi connectivity index (χ3n) is 5.38. The summed E-state index contributed by atoms with van der Waals surface area (Å²) in [6.45, 7) is 0.479. The lowest BCUT2D eigenvalue weighted by molar-refractivity contribution is -0.140. The van der Waals surface area contributed by atoms with Crippen LogP contribution >= 0.6 is 0 Å². The number of amides is 1. The van der Waals surface area contributed by atoms with E-state index in [1.807, 2.05) is 0 Å². The minimum atomic E-state index is -1.21. The molecule has 0 bridgehead atoms. The van der Waals surface area contributed by atoms with Crippen molar-refractivity contribution < 1.29 is 18.7 Å². The third kappa shape index (κ3) is 4.02. The highest BCUT2D eigenvalue weighted by Crippen LogP contribution is 2.44. The molecule has 1 aromatic carbocycles. The Kier molecular flexibility index (Phi) is 5.72. The van der Waals surface area contributed by atoms with Crippen molar-refractivity contribution in [3.05, 3.63) is 41.9 Å². The first-order chi connectivity index (χ1) is 14.5. The highest BCUT2D eigenvalue weighted by molar-refractivity contribution is 6.00. The van der Waals surface area contributed by atoms with Gasteiger partial charge in [-0.25, -0.2) is 14.4 Å². The Bertz CT molecular complexity index is 898. The molecule has 1 aromatic rings. The summed E-state index contributed by atoms with van der Waals surface area (Å²) >= 11 is 0. The number of rotatable bonds is 3. The van der Waals surface area contributed by atoms with E-state index >= 15 is 0 Å². The van der Waals surface area contributed by atoms with Gasteiger partial charge in [-0.3, -0.25) is 9.69 Å². The number of halogens is 1. The van der Waals surface area contributed by atoms with E-state index in [0.717, 1.165) is 0 Å². The fourth-order valence-electron chi connectivity index (χ4n) is 3.61. The summed E-state index contributed by atoms with van der Waals surface area (Å²) in [7, 11) is 1.57. The van der Waals surface area contributed by atoms with Crippen LogP contribution in [0, 0.1) is 11.7 Å². The fourth-order valence-corrected chi connectivity index (χ4v) is 3.61. The number of carbonyl (C=O) groups is 1. The molecule has 1 aliphatic carbocycles. The minimum Gasteiger partial charge on any atom is -0.451 e. The molecule has 3 atom stereocenters. The molecule has 3 heterocycles. The number of nitrogens with zero attached hydrogens (tertiary/aromatic N) is 3. The van der Waals surface area contributed by atoms with Crippen LogP contribution in [0.2, 0.25) is 0 Å². The maximum Gasteiger partial charge on any atom is 0.267 e. The SMILES string of the molecule is C1CC1.CN1C(=O)C2CCOCC2(c2cc(OC3N=CC=CN3)ccc2F)N=C1N. The Hall–Kier alpha value is -2.94. The van der Waals surface area contributed by atoms with E-state index in [1.54, 1.807) is 31.6 Å². The van der Waals surface area contributed by atoms with Crippen LogP contribution in [0.5, 0.6) is 5.75 Å². The monoisotopic (exact) mass is 415 g/mol. The van der Waals surface area contributed by atoms with Gasteiger partial charge in [0, 0.05) is 31.6 Å². The first kappa shape index (κ1) is 20.3. The van der Waals surface area contributed by atoms with Crippen molar-refractivity contribution in [1.29, 1.82) is 0 Å². The molecule has 3 N–H and O–H groups in total. The first-order valence-corrected chi connectivity index (χ1v) is 10.1. The Morgan fingerprint density at radius 2 is 2.17 bits per heavy atom. The van der Waals surface area contributed by atoms with Crippen molar-refractivity contribution in [3.8, 4) is 5.75 Å². The van der Waals surface area contributed by atoms with E-state index in [0.29, 0.717) is 18.8 Å². The number of carbonyl (C=O) groups excluding carboxylic acids is 1. The van der Waals surface area contributed by atoms with E-state index in [9.17, 15) is 9.18 Å². The maximum absolute atomic E-state index is 14.8. The summed E-state index contributed by atoms with van der Waals surface area (Å²) in [5.74, 6) is -0.805. The zero-order valence-corrected chi connectivity index (χ0v) is 16.9. The van der Waals surface area contributed by atoms with Crippen LogP contribution in [0.25, 0.3) is 0 Å². The zero-order chi connectivity index (χ0) is 21.1. The van der Waals surface area contributed by atoms with Crippen LogP contribution < -0.4 is 15.8 Å². The minimum absolute atomic E-state index is 0.0381. The number of nitrogens with two attached hydrogens (primary N) is 1. The summed E-state index contributed by atoms with van der Waals surface area (Å²) in [5, 5.41) is 2.93. The van der Waals surface area contributed by atoms with Crippen molar-refractivity contribution in [2.24, 2.45) is 21.6 Å². The van der Waals surface area contributed by atoms with E-state index in [4.69, 9.17) is 15.2 Å². The lowest BCUT2D eigenvalue weighted by Crippen LogP contribution is -2.58. The number of guanidine groups is 1. The molecule has 0 aromatic heterocycles. The molecule has 30 heavy (non-hydrogen) atoms. The van der Waals surface area contributed by atoms with Crippen LogP contribution in [0.3, 0.4) is 0 Å². The number of allylic oxidation sites excluding steroid dienone is 1. The molecule has 160 valence electrons. The van der Waals surface area contributed by atoms with Crippen molar-refractivity contribution >= 4 is 18.1 Å². The van der Waals surface area contributed by atoms with Crippen LogP contribution in [-0.2, 0) is 15.1 Å². The number of benzene rings is 1. The Morgan fingerprint density at radius 3 is 2.87 bits per heavy atom. The van der Waals surface area contributed by atoms with Crippen LogP contribution in [-0.4, -0.2) is 49.6 Å². The third-order valence-corrected chi connectivity index (χ3v) is 5.38. The topological polar surface area (TPSA) is 102 Å².